The molecule has 2 aromatic heterocycles. The van der Waals surface area contributed by atoms with Crippen LogP contribution in [0.25, 0.3) is 0 Å². The van der Waals surface area contributed by atoms with Gasteiger partial charge in [0.15, 0.2) is 5.13 Å². The maximum Gasteiger partial charge on any atom is 0.318 e. The molecule has 0 saturated carbocycles. The molecule has 6 nitrogen and oxygen atoms in total. The zero-order valence-corrected chi connectivity index (χ0v) is 15.0. The summed E-state index contributed by atoms with van der Waals surface area (Å²) in [4.78, 5) is 25.4. The number of anilines is 1. The highest BCUT2D eigenvalue weighted by Gasteiger charge is 2.29. The van der Waals surface area contributed by atoms with Crippen LogP contribution in [0.4, 0.5) is 9.93 Å². The number of rotatable bonds is 4. The second-order valence-corrected chi connectivity index (χ2v) is 7.51. The van der Waals surface area contributed by atoms with Gasteiger partial charge in [0.05, 0.1) is 18.3 Å². The van der Waals surface area contributed by atoms with Crippen LogP contribution >= 0.6 is 22.7 Å². The second kappa shape index (κ2) is 7.27. The van der Waals surface area contributed by atoms with Crippen molar-refractivity contribution < 1.29 is 4.79 Å². The average molecular weight is 352 g/mol. The van der Waals surface area contributed by atoms with Crippen molar-refractivity contribution >= 4 is 33.8 Å². The molecule has 3 heterocycles. The van der Waals surface area contributed by atoms with Crippen molar-refractivity contribution in [1.82, 2.24) is 20.2 Å². The number of hydrogen-bond donors (Lipinski definition) is 1. The summed E-state index contributed by atoms with van der Waals surface area (Å²) in [5.41, 5.74) is 0.898. The molecular formula is C15H21N5OS2. The van der Waals surface area contributed by atoms with Gasteiger partial charge in [-0.05, 0) is 19.3 Å². The van der Waals surface area contributed by atoms with Crippen LogP contribution in [0, 0.1) is 0 Å². The molecule has 3 rings (SSSR count). The molecule has 0 unspecified atom stereocenters. The van der Waals surface area contributed by atoms with Crippen LogP contribution in [-0.4, -0.2) is 41.5 Å². The number of likely N-dealkylation sites (tertiary alicyclic amines) is 1. The molecule has 0 radical (unpaired) electrons. The molecule has 2 amide bonds. The van der Waals surface area contributed by atoms with Crippen LogP contribution < -0.4 is 10.2 Å². The smallest absolute Gasteiger partial charge is 0.318 e. The Bertz CT molecular complexity index is 640. The number of urea groups is 1. The van der Waals surface area contributed by atoms with Crippen molar-refractivity contribution in [3.8, 4) is 0 Å². The maximum absolute atomic E-state index is 12.6. The molecule has 0 aromatic carbocycles. The topological polar surface area (TPSA) is 61.4 Å². The first-order chi connectivity index (χ1) is 11.1. The molecule has 8 heteroatoms. The molecule has 1 N–H and O–H groups in total. The number of carbonyl (C=O) groups excluding carboxylic acids is 1. The van der Waals surface area contributed by atoms with Gasteiger partial charge >= 0.3 is 6.03 Å². The summed E-state index contributed by atoms with van der Waals surface area (Å²) in [5, 5.41) is 8.95. The Morgan fingerprint density at radius 3 is 3.00 bits per heavy atom. The molecule has 124 valence electrons. The van der Waals surface area contributed by atoms with Crippen molar-refractivity contribution in [1.29, 1.82) is 0 Å². The highest BCUT2D eigenvalue weighted by atomic mass is 32.1. The van der Waals surface area contributed by atoms with Crippen LogP contribution in [0.5, 0.6) is 0 Å². The van der Waals surface area contributed by atoms with Crippen LogP contribution in [-0.2, 0) is 6.54 Å². The van der Waals surface area contributed by atoms with Crippen molar-refractivity contribution in [2.45, 2.75) is 31.8 Å². The van der Waals surface area contributed by atoms with Crippen molar-refractivity contribution in [3.63, 3.8) is 0 Å². The van der Waals surface area contributed by atoms with Crippen molar-refractivity contribution in [3.05, 3.63) is 27.7 Å². The number of piperidine rings is 1. The third-order valence-corrected chi connectivity index (χ3v) is 5.78. The van der Waals surface area contributed by atoms with Gasteiger partial charge in [0.25, 0.3) is 0 Å². The Morgan fingerprint density at radius 1 is 1.43 bits per heavy atom. The van der Waals surface area contributed by atoms with Crippen LogP contribution in [0.2, 0.25) is 0 Å². The summed E-state index contributed by atoms with van der Waals surface area (Å²) >= 11 is 3.21. The van der Waals surface area contributed by atoms with E-state index in [1.54, 1.807) is 22.7 Å². The Hall–Kier alpha value is -1.67. The van der Waals surface area contributed by atoms with Crippen LogP contribution in [0.3, 0.4) is 0 Å². The molecule has 2 aromatic rings. The molecule has 1 fully saturated rings. The first kappa shape index (κ1) is 16.2. The predicted molar refractivity (Wildman–Crippen MR) is 94.1 cm³/mol. The molecule has 1 saturated heterocycles. The fourth-order valence-corrected chi connectivity index (χ4v) is 4.22. The third-order valence-electron chi connectivity index (χ3n) is 3.84. The van der Waals surface area contributed by atoms with E-state index < -0.39 is 0 Å². The monoisotopic (exact) mass is 351 g/mol. The molecule has 0 aliphatic carbocycles. The fourth-order valence-electron chi connectivity index (χ4n) is 2.68. The van der Waals surface area contributed by atoms with E-state index in [1.165, 1.54) is 0 Å². The SMILES string of the molecule is CN(C)c1nc(CNC(=O)N2CCCC[C@@H]2c2nccs2)cs1. The zero-order chi connectivity index (χ0) is 16.2. The van der Waals surface area contributed by atoms with E-state index in [1.807, 2.05) is 40.9 Å². The molecule has 0 spiro atoms. The van der Waals surface area contributed by atoms with Gasteiger partial charge in [-0.3, -0.25) is 0 Å². The van der Waals surface area contributed by atoms with E-state index in [0.717, 1.165) is 41.6 Å². The summed E-state index contributed by atoms with van der Waals surface area (Å²) < 4.78 is 0. The highest BCUT2D eigenvalue weighted by molar-refractivity contribution is 7.13. The molecule has 1 aliphatic heterocycles. The van der Waals surface area contributed by atoms with Crippen LogP contribution in [0.15, 0.2) is 17.0 Å². The largest absolute Gasteiger partial charge is 0.354 e. The van der Waals surface area contributed by atoms with E-state index in [0.29, 0.717) is 6.54 Å². The normalized spacial score (nSPS) is 18.0. The van der Waals surface area contributed by atoms with Gasteiger partial charge in [-0.1, -0.05) is 0 Å². The van der Waals surface area contributed by atoms with Crippen molar-refractivity contribution in [2.24, 2.45) is 0 Å². The van der Waals surface area contributed by atoms with Crippen LogP contribution in [0.1, 0.15) is 36.0 Å². The number of hydrogen-bond acceptors (Lipinski definition) is 6. The lowest BCUT2D eigenvalue weighted by Crippen LogP contribution is -2.44. The average Bonchev–Trinajstić information content (AvgIpc) is 3.24. The van der Waals surface area contributed by atoms with Crippen molar-refractivity contribution in [2.75, 3.05) is 25.5 Å². The lowest BCUT2D eigenvalue weighted by atomic mass is 10.0. The highest BCUT2D eigenvalue weighted by Crippen LogP contribution is 2.31. The number of carbonyl (C=O) groups is 1. The lowest BCUT2D eigenvalue weighted by Gasteiger charge is -2.34. The molecule has 23 heavy (non-hydrogen) atoms. The Morgan fingerprint density at radius 2 is 2.30 bits per heavy atom. The van der Waals surface area contributed by atoms with Gasteiger partial charge in [0.2, 0.25) is 0 Å². The summed E-state index contributed by atoms with van der Waals surface area (Å²) in [7, 11) is 3.93. The minimum atomic E-state index is -0.0238. The minimum absolute atomic E-state index is 0.0238. The molecular weight excluding hydrogens is 330 g/mol. The standard InChI is InChI=1S/C15H21N5OS2/c1-19(2)15-18-11(10-23-15)9-17-14(21)20-7-4-3-5-12(20)13-16-6-8-22-13/h6,8,10,12H,3-5,7,9H2,1-2H3,(H,17,21)/t12-/m1/s1. The van der Waals surface area contributed by atoms with E-state index in [2.05, 4.69) is 15.3 Å². The predicted octanol–water partition coefficient (Wildman–Crippen LogP) is 3.10. The summed E-state index contributed by atoms with van der Waals surface area (Å²) in [5.74, 6) is 0. The van der Waals surface area contributed by atoms with Gasteiger partial charge in [-0.2, -0.15) is 0 Å². The lowest BCUT2D eigenvalue weighted by molar-refractivity contribution is 0.151. The van der Waals surface area contributed by atoms with Gasteiger partial charge in [0.1, 0.15) is 5.01 Å². The second-order valence-electron chi connectivity index (χ2n) is 5.75. The Balaban J connectivity index is 1.61. The van der Waals surface area contributed by atoms with E-state index in [4.69, 9.17) is 0 Å². The van der Waals surface area contributed by atoms with Gasteiger partial charge in [0, 0.05) is 37.6 Å². The van der Waals surface area contributed by atoms with Gasteiger partial charge < -0.3 is 15.1 Å². The van der Waals surface area contributed by atoms with Gasteiger partial charge in [-0.25, -0.2) is 14.8 Å². The number of amides is 2. The minimum Gasteiger partial charge on any atom is -0.354 e. The van der Waals surface area contributed by atoms with E-state index in [-0.39, 0.29) is 12.1 Å². The number of thiazole rings is 2. The first-order valence-corrected chi connectivity index (χ1v) is 9.46. The van der Waals surface area contributed by atoms with E-state index in [9.17, 15) is 4.79 Å². The fraction of sp³-hybridized carbons (Fsp3) is 0.533. The van der Waals surface area contributed by atoms with Gasteiger partial charge in [-0.15, -0.1) is 22.7 Å². The Kier molecular flexibility index (Phi) is 5.12. The quantitative estimate of drug-likeness (QED) is 0.919. The summed E-state index contributed by atoms with van der Waals surface area (Å²) in [6, 6.07) is 0.0841. The maximum atomic E-state index is 12.6. The summed E-state index contributed by atoms with van der Waals surface area (Å²) in [6.07, 6.45) is 4.99. The number of nitrogens with zero attached hydrogens (tertiary/aromatic N) is 4. The Labute approximate surface area is 144 Å². The number of aromatic nitrogens is 2. The zero-order valence-electron chi connectivity index (χ0n) is 13.4. The molecule has 1 atom stereocenters. The number of nitrogens with one attached hydrogen (secondary N) is 1. The molecule has 0 bridgehead atoms. The van der Waals surface area contributed by atoms with E-state index >= 15 is 0 Å². The summed E-state index contributed by atoms with van der Waals surface area (Å²) in [6.45, 7) is 1.25. The molecule has 1 aliphatic rings. The first-order valence-electron chi connectivity index (χ1n) is 7.70. The third kappa shape index (κ3) is 3.81.